The molecule has 0 spiro atoms. The van der Waals surface area contributed by atoms with Crippen LogP contribution in [0.1, 0.15) is 11.1 Å². The van der Waals surface area contributed by atoms with Gasteiger partial charge in [0, 0.05) is 18.8 Å². The van der Waals surface area contributed by atoms with Crippen molar-refractivity contribution in [1.82, 2.24) is 5.32 Å². The lowest BCUT2D eigenvalue weighted by Crippen LogP contribution is -2.45. The van der Waals surface area contributed by atoms with Gasteiger partial charge in [-0.25, -0.2) is 8.42 Å². The molecule has 3 rings (SSSR count). The Labute approximate surface area is 153 Å². The molecule has 1 heterocycles. The number of hydrogen-bond donors (Lipinski definition) is 2. The number of ether oxygens (including phenoxy) is 1. The van der Waals surface area contributed by atoms with Crippen LogP contribution in [-0.4, -0.2) is 40.1 Å². The molecule has 6 nitrogen and oxygen atoms in total. The molecular weight excluding hydrogens is 352 g/mol. The van der Waals surface area contributed by atoms with E-state index in [9.17, 15) is 13.2 Å². The highest BCUT2D eigenvalue weighted by molar-refractivity contribution is 7.89. The molecule has 0 radical (unpaired) electrons. The van der Waals surface area contributed by atoms with Crippen LogP contribution < -0.4 is 10.6 Å². The van der Waals surface area contributed by atoms with Crippen molar-refractivity contribution in [2.45, 2.75) is 17.6 Å². The predicted octanol–water partition coefficient (Wildman–Crippen LogP) is 1.73. The molecule has 1 aliphatic rings. The van der Waals surface area contributed by atoms with Crippen molar-refractivity contribution in [2.75, 3.05) is 25.0 Å². The zero-order chi connectivity index (χ0) is 18.4. The van der Waals surface area contributed by atoms with Gasteiger partial charge in [0.05, 0.1) is 18.1 Å². The van der Waals surface area contributed by atoms with Crippen molar-refractivity contribution in [1.29, 1.82) is 0 Å². The minimum atomic E-state index is -3.30. The van der Waals surface area contributed by atoms with Crippen molar-refractivity contribution in [3.63, 3.8) is 0 Å². The number of carbonyl (C=O) groups excluding carboxylic acids is 1. The summed E-state index contributed by atoms with van der Waals surface area (Å²) in [6, 6.07) is 16.0. The molecule has 0 bridgehead atoms. The summed E-state index contributed by atoms with van der Waals surface area (Å²) in [7, 11) is -3.30. The van der Waals surface area contributed by atoms with E-state index in [0.29, 0.717) is 24.4 Å². The van der Waals surface area contributed by atoms with Crippen molar-refractivity contribution in [2.24, 2.45) is 0 Å². The third-order valence-electron chi connectivity index (χ3n) is 4.03. The fraction of sp³-hybridized carbons (Fsp3) is 0.316. The molecular formula is C19H22N2O4S. The number of rotatable bonds is 6. The fourth-order valence-electron chi connectivity index (χ4n) is 2.83. The van der Waals surface area contributed by atoms with Gasteiger partial charge in [-0.2, -0.15) is 0 Å². The lowest BCUT2D eigenvalue weighted by atomic mass is 10.2. The molecule has 0 aliphatic carbocycles. The topological polar surface area (TPSA) is 84.5 Å². The Morgan fingerprint density at radius 1 is 1.08 bits per heavy atom. The number of hydrogen-bond acceptors (Lipinski definition) is 5. The minimum Gasteiger partial charge on any atom is -0.366 e. The molecule has 1 fully saturated rings. The van der Waals surface area contributed by atoms with Crippen LogP contribution in [0, 0.1) is 0 Å². The van der Waals surface area contributed by atoms with Crippen LogP contribution >= 0.6 is 0 Å². The maximum atomic E-state index is 12.4. The first-order chi connectivity index (χ1) is 12.5. The smallest absolute Gasteiger partial charge is 0.254 e. The van der Waals surface area contributed by atoms with E-state index in [2.05, 4.69) is 10.6 Å². The van der Waals surface area contributed by atoms with Gasteiger partial charge >= 0.3 is 0 Å². The van der Waals surface area contributed by atoms with E-state index in [1.165, 1.54) is 0 Å². The molecule has 2 aromatic rings. The van der Waals surface area contributed by atoms with E-state index in [0.717, 1.165) is 12.1 Å². The molecule has 1 unspecified atom stereocenters. The van der Waals surface area contributed by atoms with E-state index < -0.39 is 15.9 Å². The molecule has 138 valence electrons. The average Bonchev–Trinajstić information content (AvgIpc) is 2.62. The van der Waals surface area contributed by atoms with Gasteiger partial charge in [0.15, 0.2) is 9.84 Å². The van der Waals surface area contributed by atoms with E-state index in [-0.39, 0.29) is 17.4 Å². The summed E-state index contributed by atoms with van der Waals surface area (Å²) in [5, 5.41) is 5.89. The number of benzene rings is 2. The van der Waals surface area contributed by atoms with E-state index >= 15 is 0 Å². The largest absolute Gasteiger partial charge is 0.366 e. The van der Waals surface area contributed by atoms with Crippen LogP contribution in [0.4, 0.5) is 5.69 Å². The van der Waals surface area contributed by atoms with Crippen LogP contribution in [0.15, 0.2) is 54.6 Å². The summed E-state index contributed by atoms with van der Waals surface area (Å²) in [5.41, 5.74) is 1.97. The van der Waals surface area contributed by atoms with E-state index in [1.807, 2.05) is 18.2 Å². The van der Waals surface area contributed by atoms with Crippen LogP contribution in [0.2, 0.25) is 0 Å². The Hall–Kier alpha value is -2.22. The first-order valence-electron chi connectivity index (χ1n) is 8.48. The van der Waals surface area contributed by atoms with Crippen molar-refractivity contribution < 1.29 is 17.9 Å². The summed E-state index contributed by atoms with van der Waals surface area (Å²) < 4.78 is 30.3. The second kappa shape index (κ2) is 8.44. The maximum Gasteiger partial charge on any atom is 0.254 e. The fourth-order valence-corrected chi connectivity index (χ4v) is 4.32. The first-order valence-corrected chi connectivity index (χ1v) is 10.3. The van der Waals surface area contributed by atoms with Crippen molar-refractivity contribution in [3.05, 3.63) is 65.7 Å². The highest BCUT2D eigenvalue weighted by Crippen LogP contribution is 2.17. The van der Waals surface area contributed by atoms with E-state index in [4.69, 9.17) is 4.74 Å². The summed E-state index contributed by atoms with van der Waals surface area (Å²) in [4.78, 5) is 12.2. The Morgan fingerprint density at radius 3 is 2.54 bits per heavy atom. The summed E-state index contributed by atoms with van der Waals surface area (Å²) in [5.74, 6) is -0.319. The van der Waals surface area contributed by atoms with Crippen LogP contribution in [-0.2, 0) is 30.9 Å². The van der Waals surface area contributed by atoms with Gasteiger partial charge in [0.25, 0.3) is 5.91 Å². The van der Waals surface area contributed by atoms with Crippen LogP contribution in [0.5, 0.6) is 0 Å². The van der Waals surface area contributed by atoms with Gasteiger partial charge in [-0.1, -0.05) is 42.5 Å². The summed E-state index contributed by atoms with van der Waals surface area (Å²) in [6.07, 6.45) is -0.533. The van der Waals surface area contributed by atoms with Gasteiger partial charge in [-0.05, 0) is 23.3 Å². The molecule has 0 saturated carbocycles. The molecule has 1 amide bonds. The monoisotopic (exact) mass is 374 g/mol. The number of anilines is 1. The first kappa shape index (κ1) is 18.6. The number of morpholine rings is 1. The Balaban J connectivity index is 1.64. The number of amides is 1. The summed E-state index contributed by atoms with van der Waals surface area (Å²) in [6.45, 7) is 1.70. The Morgan fingerprint density at radius 2 is 1.81 bits per heavy atom. The zero-order valence-corrected chi connectivity index (χ0v) is 15.2. The van der Waals surface area contributed by atoms with Crippen molar-refractivity contribution >= 4 is 21.4 Å². The Bertz CT molecular complexity index is 847. The molecule has 26 heavy (non-hydrogen) atoms. The molecule has 7 heteroatoms. The second-order valence-electron chi connectivity index (χ2n) is 6.27. The van der Waals surface area contributed by atoms with Gasteiger partial charge in [0.1, 0.15) is 6.10 Å². The van der Waals surface area contributed by atoms with Crippen molar-refractivity contribution in [3.8, 4) is 0 Å². The maximum absolute atomic E-state index is 12.4. The van der Waals surface area contributed by atoms with Crippen LogP contribution in [0.25, 0.3) is 0 Å². The number of nitrogens with one attached hydrogen (secondary N) is 2. The third kappa shape index (κ3) is 5.39. The standard InChI is InChI=1S/C19H22N2O4S/c22-19(18-12-20-9-10-25-18)21-17-8-4-7-16(11-17)14-26(23,24)13-15-5-2-1-3-6-15/h1-8,11,18,20H,9-10,12-14H2,(H,21,22). The zero-order valence-electron chi connectivity index (χ0n) is 14.4. The Kier molecular flexibility index (Phi) is 6.03. The van der Waals surface area contributed by atoms with Gasteiger partial charge in [-0.15, -0.1) is 0 Å². The van der Waals surface area contributed by atoms with E-state index in [1.54, 1.807) is 36.4 Å². The minimum absolute atomic E-state index is 0.00793. The van der Waals surface area contributed by atoms with Gasteiger partial charge < -0.3 is 15.4 Å². The normalized spacial score (nSPS) is 17.6. The average molecular weight is 374 g/mol. The number of sulfone groups is 1. The van der Waals surface area contributed by atoms with Gasteiger partial charge in [0.2, 0.25) is 0 Å². The number of carbonyl (C=O) groups is 1. The molecule has 2 N–H and O–H groups in total. The SMILES string of the molecule is O=C(Nc1cccc(CS(=O)(=O)Cc2ccccc2)c1)C1CNCCO1. The molecule has 1 saturated heterocycles. The second-order valence-corrected chi connectivity index (χ2v) is 8.34. The molecule has 2 aromatic carbocycles. The molecule has 0 aromatic heterocycles. The predicted molar refractivity (Wildman–Crippen MR) is 100 cm³/mol. The van der Waals surface area contributed by atoms with Gasteiger partial charge in [-0.3, -0.25) is 4.79 Å². The van der Waals surface area contributed by atoms with Crippen LogP contribution in [0.3, 0.4) is 0 Å². The lowest BCUT2D eigenvalue weighted by molar-refractivity contribution is -0.128. The molecule has 1 atom stereocenters. The quantitative estimate of drug-likeness (QED) is 0.804. The third-order valence-corrected chi connectivity index (χ3v) is 5.58. The highest BCUT2D eigenvalue weighted by atomic mass is 32.2. The highest BCUT2D eigenvalue weighted by Gasteiger charge is 2.22. The summed E-state index contributed by atoms with van der Waals surface area (Å²) >= 11 is 0. The molecule has 1 aliphatic heterocycles. The lowest BCUT2D eigenvalue weighted by Gasteiger charge is -2.22.